The summed E-state index contributed by atoms with van der Waals surface area (Å²) >= 11 is 3.42. The molecule has 0 heterocycles. The molecular weight excluding hydrogens is 424 g/mol. The van der Waals surface area contributed by atoms with Gasteiger partial charge in [0.05, 0.1) is 10.6 Å². The van der Waals surface area contributed by atoms with E-state index in [1.165, 1.54) is 0 Å². The molecule has 3 rings (SSSR count). The van der Waals surface area contributed by atoms with Crippen molar-refractivity contribution in [1.82, 2.24) is 4.83 Å². The number of sulfonamides is 1. The highest BCUT2D eigenvalue weighted by atomic mass is 79.9. The number of halogens is 1. The fourth-order valence-electron chi connectivity index (χ4n) is 2.52. The largest absolute Gasteiger partial charge is 0.276 e. The zero-order valence-electron chi connectivity index (χ0n) is 14.8. The predicted molar refractivity (Wildman–Crippen MR) is 112 cm³/mol. The Kier molecular flexibility index (Phi) is 6.08. The van der Waals surface area contributed by atoms with Crippen molar-refractivity contribution in [2.75, 3.05) is 0 Å². The molecule has 0 aromatic heterocycles. The highest BCUT2D eigenvalue weighted by Crippen LogP contribution is 2.15. The second-order valence-corrected chi connectivity index (χ2v) is 8.71. The van der Waals surface area contributed by atoms with Crippen molar-refractivity contribution < 1.29 is 8.42 Å². The van der Waals surface area contributed by atoms with E-state index >= 15 is 0 Å². The van der Waals surface area contributed by atoms with Crippen LogP contribution >= 0.6 is 15.9 Å². The maximum absolute atomic E-state index is 12.6. The Morgan fingerprint density at radius 1 is 0.926 bits per heavy atom. The second-order valence-electron chi connectivity index (χ2n) is 6.14. The van der Waals surface area contributed by atoms with Crippen molar-refractivity contribution in [2.24, 2.45) is 5.10 Å². The van der Waals surface area contributed by atoms with E-state index in [-0.39, 0.29) is 4.90 Å². The van der Waals surface area contributed by atoms with Gasteiger partial charge in [-0.15, -0.1) is 0 Å². The minimum atomic E-state index is -3.73. The van der Waals surface area contributed by atoms with Crippen molar-refractivity contribution in [3.8, 4) is 0 Å². The molecule has 6 heteroatoms. The molecule has 0 fully saturated rings. The van der Waals surface area contributed by atoms with E-state index in [0.29, 0.717) is 12.1 Å². The second kappa shape index (κ2) is 8.50. The van der Waals surface area contributed by atoms with Gasteiger partial charge in [0.1, 0.15) is 0 Å². The number of nitrogens with one attached hydrogen (secondary N) is 1. The lowest BCUT2D eigenvalue weighted by molar-refractivity contribution is 0.584. The lowest BCUT2D eigenvalue weighted by Crippen LogP contribution is -2.21. The zero-order chi connectivity index (χ0) is 19.3. The molecular formula is C21H19BrN2O2S. The minimum Gasteiger partial charge on any atom is -0.200 e. The molecule has 0 bridgehead atoms. The minimum absolute atomic E-state index is 0.187. The highest BCUT2D eigenvalue weighted by molar-refractivity contribution is 9.10. The first-order chi connectivity index (χ1) is 12.9. The molecule has 3 aromatic rings. The maximum atomic E-state index is 12.6. The molecule has 0 amide bonds. The molecule has 0 aliphatic rings. The van der Waals surface area contributed by atoms with E-state index in [0.717, 1.165) is 21.2 Å². The highest BCUT2D eigenvalue weighted by Gasteiger charge is 2.14. The van der Waals surface area contributed by atoms with Crippen LogP contribution in [0.1, 0.15) is 16.7 Å². The summed E-state index contributed by atoms with van der Waals surface area (Å²) in [5, 5.41) is 4.25. The van der Waals surface area contributed by atoms with Gasteiger partial charge in [0, 0.05) is 10.9 Å². The Morgan fingerprint density at radius 2 is 1.56 bits per heavy atom. The standard InChI is InChI=1S/C21H19BrN2O2S/c1-16-7-13-20(14-8-16)27(25,26)24-23-21(15-17-5-3-2-4-6-17)18-9-11-19(22)12-10-18/h2-14,24H,15H2,1H3/b23-21+. The Balaban J connectivity index is 1.91. The van der Waals surface area contributed by atoms with Crippen LogP contribution in [0.25, 0.3) is 0 Å². The summed E-state index contributed by atoms with van der Waals surface area (Å²) in [7, 11) is -3.73. The summed E-state index contributed by atoms with van der Waals surface area (Å²) in [5.41, 5.74) is 3.55. The molecule has 0 radical (unpaired) electrons. The van der Waals surface area contributed by atoms with E-state index in [1.807, 2.05) is 61.5 Å². The van der Waals surface area contributed by atoms with Crippen molar-refractivity contribution >= 4 is 31.7 Å². The predicted octanol–water partition coefficient (Wildman–Crippen LogP) is 4.68. The first-order valence-corrected chi connectivity index (χ1v) is 10.7. The maximum Gasteiger partial charge on any atom is 0.276 e. The van der Waals surface area contributed by atoms with Gasteiger partial charge in [-0.3, -0.25) is 0 Å². The van der Waals surface area contributed by atoms with Gasteiger partial charge in [0.15, 0.2) is 0 Å². The van der Waals surface area contributed by atoms with Gasteiger partial charge in [-0.25, -0.2) is 0 Å². The van der Waals surface area contributed by atoms with Crippen molar-refractivity contribution in [2.45, 2.75) is 18.2 Å². The van der Waals surface area contributed by atoms with Crippen LogP contribution in [0.2, 0.25) is 0 Å². The quantitative estimate of drug-likeness (QED) is 0.444. The molecule has 4 nitrogen and oxygen atoms in total. The number of aryl methyl sites for hydroxylation is 1. The van der Waals surface area contributed by atoms with Crippen LogP contribution in [-0.4, -0.2) is 14.1 Å². The first kappa shape index (κ1) is 19.3. The molecule has 0 unspecified atom stereocenters. The summed E-state index contributed by atoms with van der Waals surface area (Å²) in [6.07, 6.45) is 0.513. The van der Waals surface area contributed by atoms with E-state index in [1.54, 1.807) is 24.3 Å². The zero-order valence-corrected chi connectivity index (χ0v) is 17.2. The van der Waals surface area contributed by atoms with E-state index in [4.69, 9.17) is 0 Å². The van der Waals surface area contributed by atoms with Gasteiger partial charge in [0.2, 0.25) is 0 Å². The summed E-state index contributed by atoms with van der Waals surface area (Å²) < 4.78 is 26.1. The molecule has 0 spiro atoms. The number of nitrogens with zero attached hydrogens (tertiary/aromatic N) is 1. The van der Waals surface area contributed by atoms with Gasteiger partial charge in [-0.05, 0) is 42.3 Å². The Bertz CT molecular complexity index is 1030. The topological polar surface area (TPSA) is 58.5 Å². The van der Waals surface area contributed by atoms with Gasteiger partial charge in [-0.2, -0.15) is 18.4 Å². The average molecular weight is 443 g/mol. The lowest BCUT2D eigenvalue weighted by atomic mass is 10.0. The summed E-state index contributed by atoms with van der Waals surface area (Å²) in [6.45, 7) is 1.91. The Morgan fingerprint density at radius 3 is 2.19 bits per heavy atom. The van der Waals surface area contributed by atoms with Crippen LogP contribution in [0.4, 0.5) is 0 Å². The van der Waals surface area contributed by atoms with Gasteiger partial charge < -0.3 is 0 Å². The molecule has 0 aliphatic heterocycles. The SMILES string of the molecule is Cc1ccc(S(=O)(=O)N/N=C(\Cc2ccccc2)c2ccc(Br)cc2)cc1. The van der Waals surface area contributed by atoms with Crippen molar-refractivity contribution in [3.63, 3.8) is 0 Å². The fourth-order valence-corrected chi connectivity index (χ4v) is 3.62. The van der Waals surface area contributed by atoms with Crippen LogP contribution in [-0.2, 0) is 16.4 Å². The van der Waals surface area contributed by atoms with Crippen molar-refractivity contribution in [3.05, 3.63) is 100 Å². The summed E-state index contributed by atoms with van der Waals surface area (Å²) in [5.74, 6) is 0. The normalized spacial score (nSPS) is 12.0. The number of hydrogen-bond acceptors (Lipinski definition) is 3. The number of benzene rings is 3. The monoisotopic (exact) mass is 442 g/mol. The smallest absolute Gasteiger partial charge is 0.200 e. The molecule has 0 saturated carbocycles. The third kappa shape index (κ3) is 5.28. The molecule has 27 heavy (non-hydrogen) atoms. The first-order valence-electron chi connectivity index (χ1n) is 8.39. The third-order valence-electron chi connectivity index (χ3n) is 4.02. The Hall–Kier alpha value is -2.44. The number of hydrazone groups is 1. The van der Waals surface area contributed by atoms with Gasteiger partial charge in [-0.1, -0.05) is 76.1 Å². The van der Waals surface area contributed by atoms with E-state index < -0.39 is 10.0 Å². The number of rotatable bonds is 6. The molecule has 138 valence electrons. The average Bonchev–Trinajstić information content (AvgIpc) is 2.67. The lowest BCUT2D eigenvalue weighted by Gasteiger charge is -2.10. The van der Waals surface area contributed by atoms with Gasteiger partial charge in [0.25, 0.3) is 10.0 Å². The molecule has 0 aliphatic carbocycles. The molecule has 3 aromatic carbocycles. The number of hydrogen-bond donors (Lipinski definition) is 1. The van der Waals surface area contributed by atoms with Crippen LogP contribution in [0.5, 0.6) is 0 Å². The summed E-state index contributed by atoms with van der Waals surface area (Å²) in [4.78, 5) is 2.56. The van der Waals surface area contributed by atoms with E-state index in [9.17, 15) is 8.42 Å². The molecule has 0 saturated heterocycles. The molecule has 1 N–H and O–H groups in total. The fraction of sp³-hybridized carbons (Fsp3) is 0.0952. The van der Waals surface area contributed by atoms with Crippen LogP contribution in [0.3, 0.4) is 0 Å². The van der Waals surface area contributed by atoms with Crippen molar-refractivity contribution in [1.29, 1.82) is 0 Å². The Labute approximate surface area is 168 Å². The van der Waals surface area contributed by atoms with Gasteiger partial charge >= 0.3 is 0 Å². The third-order valence-corrected chi connectivity index (χ3v) is 5.78. The van der Waals surface area contributed by atoms with E-state index in [2.05, 4.69) is 25.9 Å². The van der Waals surface area contributed by atoms with Crippen LogP contribution in [0, 0.1) is 6.92 Å². The summed E-state index contributed by atoms with van der Waals surface area (Å²) in [6, 6.07) is 24.1. The molecule has 0 atom stereocenters. The van der Waals surface area contributed by atoms with Crippen LogP contribution < -0.4 is 4.83 Å². The van der Waals surface area contributed by atoms with Crippen LogP contribution in [0.15, 0.2) is 93.3 Å².